The number of amides is 1. The molecule has 4 rings (SSSR count). The molecule has 12 heteroatoms. The molecule has 2 N–H and O–H groups in total. The maximum Gasteiger partial charge on any atom is 0.264 e. The van der Waals surface area contributed by atoms with Crippen LogP contribution >= 0.6 is 15.9 Å². The SMILES string of the molecule is COc1ccc(C)cc1NS(=O)(=O)c1ccc(NC(=O)CN(c2cccc(Br)c2)S(=O)(=O)c2ccccc2)cc1. The van der Waals surface area contributed by atoms with E-state index >= 15 is 0 Å². The van der Waals surface area contributed by atoms with Gasteiger partial charge in [0.1, 0.15) is 12.3 Å². The van der Waals surface area contributed by atoms with Crippen LogP contribution in [-0.4, -0.2) is 36.4 Å². The predicted molar refractivity (Wildman–Crippen MR) is 159 cm³/mol. The van der Waals surface area contributed by atoms with E-state index < -0.39 is 32.5 Å². The lowest BCUT2D eigenvalue weighted by molar-refractivity contribution is -0.114. The van der Waals surface area contributed by atoms with Gasteiger partial charge in [0.05, 0.1) is 28.3 Å². The summed E-state index contributed by atoms with van der Waals surface area (Å²) in [5.41, 5.74) is 1.74. The zero-order valence-electron chi connectivity index (χ0n) is 21.5. The van der Waals surface area contributed by atoms with Crippen molar-refractivity contribution >= 4 is 58.9 Å². The summed E-state index contributed by atoms with van der Waals surface area (Å²) < 4.78 is 62.2. The van der Waals surface area contributed by atoms with Crippen LogP contribution in [0.3, 0.4) is 0 Å². The van der Waals surface area contributed by atoms with Gasteiger partial charge in [0, 0.05) is 10.2 Å². The minimum atomic E-state index is -4.07. The van der Waals surface area contributed by atoms with E-state index in [0.29, 0.717) is 27.3 Å². The van der Waals surface area contributed by atoms with Crippen molar-refractivity contribution in [1.82, 2.24) is 0 Å². The first-order valence-corrected chi connectivity index (χ1v) is 15.6. The number of rotatable bonds is 10. The minimum absolute atomic E-state index is 0.0310. The molecular weight excluding hydrogens is 618 g/mol. The number of nitrogens with zero attached hydrogens (tertiary/aromatic N) is 1. The van der Waals surface area contributed by atoms with E-state index in [2.05, 4.69) is 26.0 Å². The molecule has 0 aromatic heterocycles. The lowest BCUT2D eigenvalue weighted by atomic mass is 10.2. The zero-order valence-corrected chi connectivity index (χ0v) is 24.8. The summed E-state index contributed by atoms with van der Waals surface area (Å²) in [5.74, 6) is -0.240. The fraction of sp³-hybridized carbons (Fsp3) is 0.107. The van der Waals surface area contributed by atoms with Crippen molar-refractivity contribution < 1.29 is 26.4 Å². The van der Waals surface area contributed by atoms with Crippen molar-refractivity contribution in [1.29, 1.82) is 0 Å². The molecule has 0 aliphatic heterocycles. The molecule has 9 nitrogen and oxygen atoms in total. The van der Waals surface area contributed by atoms with Gasteiger partial charge in [-0.05, 0) is 79.2 Å². The maximum absolute atomic E-state index is 13.5. The summed E-state index contributed by atoms with van der Waals surface area (Å²) in [6.07, 6.45) is 0. The van der Waals surface area contributed by atoms with Crippen LogP contribution in [0.25, 0.3) is 0 Å². The summed E-state index contributed by atoms with van der Waals surface area (Å²) >= 11 is 3.35. The first kappa shape index (κ1) is 29.1. The third-order valence-corrected chi connectivity index (χ3v) is 9.43. The number of ether oxygens (including phenoxy) is 1. The number of nitrogens with one attached hydrogen (secondary N) is 2. The Bertz CT molecular complexity index is 1730. The molecule has 0 unspecified atom stereocenters. The molecule has 0 fully saturated rings. The number of halogens is 1. The monoisotopic (exact) mass is 643 g/mol. The van der Waals surface area contributed by atoms with Crippen molar-refractivity contribution in [3.8, 4) is 5.75 Å². The normalized spacial score (nSPS) is 11.5. The molecule has 0 heterocycles. The number of aryl methyl sites for hydroxylation is 1. The van der Waals surface area contributed by atoms with E-state index in [4.69, 9.17) is 4.74 Å². The van der Waals surface area contributed by atoms with Crippen LogP contribution in [0, 0.1) is 6.92 Å². The van der Waals surface area contributed by atoms with Gasteiger partial charge in [-0.1, -0.05) is 46.3 Å². The number of carbonyl (C=O) groups excluding carboxylic acids is 1. The van der Waals surface area contributed by atoms with Gasteiger partial charge >= 0.3 is 0 Å². The van der Waals surface area contributed by atoms with Crippen LogP contribution in [0.4, 0.5) is 17.1 Å². The largest absolute Gasteiger partial charge is 0.495 e. The van der Waals surface area contributed by atoms with E-state index in [9.17, 15) is 21.6 Å². The topological polar surface area (TPSA) is 122 Å². The third-order valence-electron chi connectivity index (χ3n) is 5.76. The summed E-state index contributed by atoms with van der Waals surface area (Å²) in [7, 11) is -6.57. The molecule has 40 heavy (non-hydrogen) atoms. The van der Waals surface area contributed by atoms with E-state index in [0.717, 1.165) is 9.87 Å². The average molecular weight is 645 g/mol. The summed E-state index contributed by atoms with van der Waals surface area (Å²) in [4.78, 5) is 13.0. The van der Waals surface area contributed by atoms with Gasteiger partial charge in [-0.15, -0.1) is 0 Å². The molecule has 0 saturated carbocycles. The number of carbonyl (C=O) groups is 1. The van der Waals surface area contributed by atoms with Crippen LogP contribution in [0.5, 0.6) is 5.75 Å². The predicted octanol–water partition coefficient (Wildman–Crippen LogP) is 5.40. The Kier molecular flexibility index (Phi) is 8.82. The Balaban J connectivity index is 1.53. The highest BCUT2D eigenvalue weighted by Crippen LogP contribution is 2.29. The second-order valence-electron chi connectivity index (χ2n) is 8.69. The molecule has 0 aliphatic carbocycles. The molecule has 0 saturated heterocycles. The highest BCUT2D eigenvalue weighted by molar-refractivity contribution is 9.10. The molecule has 0 aliphatic rings. The minimum Gasteiger partial charge on any atom is -0.495 e. The number of hydrogen-bond acceptors (Lipinski definition) is 6. The second-order valence-corrected chi connectivity index (χ2v) is 13.1. The molecule has 1 amide bonds. The Hall–Kier alpha value is -3.87. The van der Waals surface area contributed by atoms with E-state index in [1.165, 1.54) is 43.5 Å². The molecule has 4 aromatic carbocycles. The van der Waals surface area contributed by atoms with Crippen molar-refractivity contribution in [2.24, 2.45) is 0 Å². The van der Waals surface area contributed by atoms with E-state index in [-0.39, 0.29) is 9.79 Å². The lowest BCUT2D eigenvalue weighted by Gasteiger charge is -2.24. The van der Waals surface area contributed by atoms with Gasteiger partial charge in [-0.25, -0.2) is 16.8 Å². The Morgan fingerprint density at radius 1 is 0.850 bits per heavy atom. The molecular formula is C28H26BrN3O6S2. The van der Waals surface area contributed by atoms with Crippen molar-refractivity contribution in [2.75, 3.05) is 28.0 Å². The van der Waals surface area contributed by atoms with Crippen LogP contribution in [-0.2, 0) is 24.8 Å². The van der Waals surface area contributed by atoms with Crippen LogP contribution in [0.15, 0.2) is 111 Å². The first-order valence-electron chi connectivity index (χ1n) is 11.9. The highest BCUT2D eigenvalue weighted by atomic mass is 79.9. The number of benzene rings is 4. The lowest BCUT2D eigenvalue weighted by Crippen LogP contribution is -2.38. The van der Waals surface area contributed by atoms with Crippen molar-refractivity contribution in [3.63, 3.8) is 0 Å². The fourth-order valence-corrected chi connectivity index (χ4v) is 6.70. The molecule has 208 valence electrons. The third kappa shape index (κ3) is 6.82. The Morgan fingerprint density at radius 3 is 2.20 bits per heavy atom. The number of sulfonamides is 2. The molecule has 0 bridgehead atoms. The summed E-state index contributed by atoms with van der Waals surface area (Å²) in [6.45, 7) is 1.32. The number of hydrogen-bond donors (Lipinski definition) is 2. The summed E-state index contributed by atoms with van der Waals surface area (Å²) in [5, 5.41) is 2.64. The van der Waals surface area contributed by atoms with Gasteiger partial charge in [0.15, 0.2) is 0 Å². The second kappa shape index (κ2) is 12.1. The zero-order chi connectivity index (χ0) is 28.9. The fourth-order valence-electron chi connectivity index (χ4n) is 3.82. The number of methoxy groups -OCH3 is 1. The van der Waals surface area contributed by atoms with E-state index in [1.54, 1.807) is 60.7 Å². The average Bonchev–Trinajstić information content (AvgIpc) is 2.92. The van der Waals surface area contributed by atoms with Gasteiger partial charge in [-0.2, -0.15) is 0 Å². The molecule has 0 radical (unpaired) electrons. The van der Waals surface area contributed by atoms with Gasteiger partial charge in [0.2, 0.25) is 5.91 Å². The molecule has 0 spiro atoms. The molecule has 4 aromatic rings. The van der Waals surface area contributed by atoms with Crippen LogP contribution in [0.1, 0.15) is 5.56 Å². The Labute approximate surface area is 242 Å². The first-order chi connectivity index (χ1) is 19.0. The maximum atomic E-state index is 13.5. The van der Waals surface area contributed by atoms with Gasteiger partial charge in [-0.3, -0.25) is 13.8 Å². The van der Waals surface area contributed by atoms with Crippen LogP contribution in [0.2, 0.25) is 0 Å². The highest BCUT2D eigenvalue weighted by Gasteiger charge is 2.27. The van der Waals surface area contributed by atoms with Gasteiger partial charge < -0.3 is 10.1 Å². The standard InChI is InChI=1S/C28H26BrN3O6S2/c1-20-11-16-27(38-2)26(17-20)31-39(34,35)24-14-12-22(13-15-24)30-28(33)19-32(23-8-6-7-21(29)18-23)40(36,37)25-9-4-3-5-10-25/h3-18,31H,19H2,1-2H3,(H,30,33). The smallest absolute Gasteiger partial charge is 0.264 e. The quantitative estimate of drug-likeness (QED) is 0.239. The van der Waals surface area contributed by atoms with E-state index in [1.807, 2.05) is 6.92 Å². The van der Waals surface area contributed by atoms with Crippen molar-refractivity contribution in [3.05, 3.63) is 107 Å². The van der Waals surface area contributed by atoms with Gasteiger partial charge in [0.25, 0.3) is 20.0 Å². The summed E-state index contributed by atoms with van der Waals surface area (Å²) in [6, 6.07) is 25.1. The van der Waals surface area contributed by atoms with Crippen molar-refractivity contribution in [2.45, 2.75) is 16.7 Å². The molecule has 0 atom stereocenters. The number of anilines is 3. The Morgan fingerprint density at radius 2 is 1.55 bits per heavy atom. The van der Waals surface area contributed by atoms with Crippen LogP contribution < -0.4 is 19.1 Å².